The van der Waals surface area contributed by atoms with Gasteiger partial charge in [0.2, 0.25) is 35.9 Å². The maximum absolute atomic E-state index is 13.2. The molecule has 6 amide bonds. The number of hydrogen-bond acceptors (Lipinski definition) is 13. The highest BCUT2D eigenvalue weighted by molar-refractivity contribution is 5.93. The molecular formula is C49H72F3N11O8. The van der Waals surface area contributed by atoms with Gasteiger partial charge in [-0.25, -0.2) is 9.97 Å². The third-order valence-corrected chi connectivity index (χ3v) is 12.0. The lowest BCUT2D eigenvalue weighted by Gasteiger charge is -2.37. The van der Waals surface area contributed by atoms with Crippen LogP contribution in [0, 0.1) is 5.92 Å². The summed E-state index contributed by atoms with van der Waals surface area (Å²) in [6.07, 6.45) is 9.77. The van der Waals surface area contributed by atoms with Gasteiger partial charge >= 0.3 is 6.18 Å². The molecule has 7 rings (SSSR count). The molecule has 2 unspecified atom stereocenters. The Morgan fingerprint density at radius 1 is 0.873 bits per heavy atom. The summed E-state index contributed by atoms with van der Waals surface area (Å²) in [6.45, 7) is 9.94. The predicted octanol–water partition coefficient (Wildman–Crippen LogP) is 3.72. The molecule has 4 heterocycles. The number of hydrogen-bond donors (Lipinski definition) is 6. The second kappa shape index (κ2) is 29.4. The summed E-state index contributed by atoms with van der Waals surface area (Å²) in [7, 11) is 1.69. The zero-order chi connectivity index (χ0) is 51.8. The highest BCUT2D eigenvalue weighted by Gasteiger charge is 2.39. The molecular weight excluding hydrogens is 928 g/mol. The van der Waals surface area contributed by atoms with Gasteiger partial charge in [0, 0.05) is 93.9 Å². The number of halogens is 3. The summed E-state index contributed by atoms with van der Waals surface area (Å²) in [4.78, 5) is 83.1. The van der Waals surface area contributed by atoms with Crippen LogP contribution < -0.4 is 32.3 Å². The lowest BCUT2D eigenvalue weighted by atomic mass is 9.89. The number of ether oxygens (including phenoxy) is 2. The van der Waals surface area contributed by atoms with Crippen LogP contribution in [-0.2, 0) is 44.4 Å². The van der Waals surface area contributed by atoms with E-state index in [1.807, 2.05) is 23.1 Å². The number of fused-ring (bicyclic) bond motifs is 1. The van der Waals surface area contributed by atoms with Crippen molar-refractivity contribution in [3.8, 4) is 0 Å². The lowest BCUT2D eigenvalue weighted by molar-refractivity contribution is -0.137. The zero-order valence-electron chi connectivity index (χ0n) is 41.3. The number of amides is 6. The van der Waals surface area contributed by atoms with Gasteiger partial charge in [0.25, 0.3) is 0 Å². The Kier molecular flexibility index (Phi) is 23.8. The fraction of sp³-hybridized carbons (Fsp3) is 0.612. The highest BCUT2D eigenvalue weighted by atomic mass is 19.4. The standard InChI is InChI=1S/C23H30F3N5O.C11H19N3O4.C10H18N2O3.C5H5N/c1-22(2,3)30-15-5-7-16(8-6-15)31-11-10-19(21(31)32)29-20-17-12-14(23(24,25)26)4-9-18(17)27-13-28-20;1-14-7-9(6-10(14)16)11(17)13-3-5-18-4-2-12-8-15;11-9(13)4-6-15-7-5-10(14)12-8-2-1-3-8;1-2-4-6-5-3-1/h4,9,12-13,15-16,19,30H,5-8,10-11H2,1-3H3,(H,27,28,29);8-9H,2-7H2,1H3,(H,12,15)(H,13,17);8H,1-7H2,(H2,11,13)(H,12,14);1-5H. The molecule has 19 nitrogen and oxygen atoms in total. The van der Waals surface area contributed by atoms with Gasteiger partial charge in [0.1, 0.15) is 18.2 Å². The van der Waals surface area contributed by atoms with Crippen molar-refractivity contribution in [1.82, 2.24) is 46.0 Å². The molecule has 0 radical (unpaired) electrons. The molecule has 2 saturated heterocycles. The van der Waals surface area contributed by atoms with Gasteiger partial charge in [-0.2, -0.15) is 13.2 Å². The number of anilines is 1. The van der Waals surface area contributed by atoms with Crippen LogP contribution in [0.15, 0.2) is 55.1 Å². The second-order valence-corrected chi connectivity index (χ2v) is 18.8. The van der Waals surface area contributed by atoms with Gasteiger partial charge in [-0.05, 0) is 102 Å². The van der Waals surface area contributed by atoms with Gasteiger partial charge in [-0.1, -0.05) is 6.07 Å². The number of carbonyl (C=O) groups is 6. The van der Waals surface area contributed by atoms with Crippen molar-refractivity contribution >= 4 is 52.7 Å². The number of rotatable bonds is 19. The smallest absolute Gasteiger partial charge is 0.380 e. The first-order valence-corrected chi connectivity index (χ1v) is 24.3. The minimum Gasteiger partial charge on any atom is -0.380 e. The summed E-state index contributed by atoms with van der Waals surface area (Å²) in [5.41, 5.74) is 4.64. The van der Waals surface area contributed by atoms with E-state index in [1.54, 1.807) is 24.3 Å². The van der Waals surface area contributed by atoms with Crippen molar-refractivity contribution in [3.05, 3.63) is 60.7 Å². The molecule has 392 valence electrons. The van der Waals surface area contributed by atoms with Crippen LogP contribution in [0.25, 0.3) is 10.9 Å². The number of aromatic nitrogens is 3. The Balaban J connectivity index is 0.000000236. The van der Waals surface area contributed by atoms with E-state index in [4.69, 9.17) is 15.2 Å². The number of primary amides is 1. The van der Waals surface area contributed by atoms with Crippen molar-refractivity contribution in [2.45, 2.75) is 127 Å². The average Bonchev–Trinajstić information content (AvgIpc) is 3.86. The molecule has 2 atom stereocenters. The molecule has 4 fully saturated rings. The van der Waals surface area contributed by atoms with Crippen LogP contribution in [0.3, 0.4) is 0 Å². The summed E-state index contributed by atoms with van der Waals surface area (Å²) in [5.74, 6) is -0.448. The van der Waals surface area contributed by atoms with E-state index in [1.165, 1.54) is 18.8 Å². The molecule has 1 aromatic carbocycles. The molecule has 0 bridgehead atoms. The van der Waals surface area contributed by atoms with E-state index in [2.05, 4.69) is 62.3 Å². The van der Waals surface area contributed by atoms with Gasteiger partial charge in [-0.3, -0.25) is 33.8 Å². The van der Waals surface area contributed by atoms with E-state index < -0.39 is 17.8 Å². The first-order chi connectivity index (χ1) is 33.8. The summed E-state index contributed by atoms with van der Waals surface area (Å²) in [5, 5.41) is 15.1. The number of nitrogens with one attached hydrogen (secondary N) is 5. The Morgan fingerprint density at radius 2 is 1.56 bits per heavy atom. The third kappa shape index (κ3) is 21.1. The number of pyridine rings is 1. The second-order valence-electron chi connectivity index (χ2n) is 18.8. The lowest BCUT2D eigenvalue weighted by Crippen LogP contribution is -2.49. The first-order valence-electron chi connectivity index (χ1n) is 24.3. The quantitative estimate of drug-likeness (QED) is 0.0741. The Morgan fingerprint density at radius 3 is 2.14 bits per heavy atom. The predicted molar refractivity (Wildman–Crippen MR) is 260 cm³/mol. The van der Waals surface area contributed by atoms with Crippen molar-refractivity contribution in [1.29, 1.82) is 0 Å². The van der Waals surface area contributed by atoms with Crippen LogP contribution in [0.4, 0.5) is 19.0 Å². The molecule has 4 aliphatic rings. The minimum absolute atomic E-state index is 0.00373. The molecule has 3 aromatic rings. The van der Waals surface area contributed by atoms with Crippen LogP contribution in [0.2, 0.25) is 0 Å². The monoisotopic (exact) mass is 1000 g/mol. The maximum Gasteiger partial charge on any atom is 0.416 e. The van der Waals surface area contributed by atoms with Gasteiger partial charge in [0.05, 0.1) is 43.4 Å². The van der Waals surface area contributed by atoms with Crippen LogP contribution in [0.1, 0.15) is 97.0 Å². The van der Waals surface area contributed by atoms with Crippen LogP contribution >= 0.6 is 0 Å². The molecule has 2 aliphatic carbocycles. The third-order valence-electron chi connectivity index (χ3n) is 12.0. The minimum atomic E-state index is -4.46. The van der Waals surface area contributed by atoms with Crippen molar-refractivity contribution in [3.63, 3.8) is 0 Å². The van der Waals surface area contributed by atoms with E-state index in [9.17, 15) is 41.9 Å². The molecule has 71 heavy (non-hydrogen) atoms. The largest absolute Gasteiger partial charge is 0.416 e. The fourth-order valence-electron chi connectivity index (χ4n) is 8.18. The summed E-state index contributed by atoms with van der Waals surface area (Å²) < 4.78 is 49.8. The maximum atomic E-state index is 13.2. The SMILES string of the molecule is CC(C)(C)NC1CCC(N2CCC(Nc3ncnc4ccc(C(F)(F)F)cc34)C2=O)CC1.CN1CC(C(=O)NCCOCCNC=O)CC1=O.NC(=O)CCOCCC(=O)NC1CCC1.c1ccncc1. The number of alkyl halides is 3. The molecule has 7 N–H and O–H groups in total. The molecule has 2 aromatic heterocycles. The van der Waals surface area contributed by atoms with Gasteiger partial charge in [0.15, 0.2) is 0 Å². The molecule has 0 spiro atoms. The van der Waals surface area contributed by atoms with Crippen molar-refractivity contribution in [2.75, 3.05) is 65.0 Å². The average molecular weight is 1000 g/mol. The van der Waals surface area contributed by atoms with E-state index in [0.717, 1.165) is 50.7 Å². The highest BCUT2D eigenvalue weighted by Crippen LogP contribution is 2.34. The zero-order valence-corrected chi connectivity index (χ0v) is 41.3. The number of benzene rings is 1. The Labute approximate surface area is 413 Å². The number of likely N-dealkylation sites (tertiary alicyclic amines) is 2. The molecule has 22 heteroatoms. The normalized spacial score (nSPS) is 20.0. The van der Waals surface area contributed by atoms with Crippen LogP contribution in [-0.4, -0.2) is 150 Å². The fourth-order valence-corrected chi connectivity index (χ4v) is 8.18. The van der Waals surface area contributed by atoms with E-state index in [0.29, 0.717) is 89.5 Å². The number of nitrogens with zero attached hydrogens (tertiary/aromatic N) is 5. The number of nitrogens with two attached hydrogens (primary N) is 1. The van der Waals surface area contributed by atoms with E-state index >= 15 is 0 Å². The summed E-state index contributed by atoms with van der Waals surface area (Å²) in [6, 6.07) is 9.66. The van der Waals surface area contributed by atoms with Crippen molar-refractivity contribution < 1.29 is 51.4 Å². The molecule has 2 aliphatic heterocycles. The van der Waals surface area contributed by atoms with Gasteiger partial charge in [-0.15, -0.1) is 0 Å². The van der Waals surface area contributed by atoms with E-state index in [-0.39, 0.29) is 71.1 Å². The Bertz CT molecular complexity index is 2110. The number of carbonyl (C=O) groups excluding carboxylic acids is 6. The Hall–Kier alpha value is -6.00. The topological polar surface area (TPSA) is 252 Å². The van der Waals surface area contributed by atoms with Crippen LogP contribution in [0.5, 0.6) is 0 Å². The molecule has 2 saturated carbocycles. The van der Waals surface area contributed by atoms with Gasteiger partial charge < -0.3 is 51.6 Å². The van der Waals surface area contributed by atoms with Crippen molar-refractivity contribution in [2.24, 2.45) is 11.7 Å². The first kappa shape index (κ1) is 57.6. The summed E-state index contributed by atoms with van der Waals surface area (Å²) >= 11 is 0.